The number of azide groups is 1. The van der Waals surface area contributed by atoms with Gasteiger partial charge in [-0.1, -0.05) is 11.2 Å². The summed E-state index contributed by atoms with van der Waals surface area (Å²) in [6, 6.07) is 4.97. The highest BCUT2D eigenvalue weighted by Crippen LogP contribution is 2.09. The van der Waals surface area contributed by atoms with E-state index in [1.54, 1.807) is 18.2 Å². The Balaban J connectivity index is 2.24. The van der Waals surface area contributed by atoms with Crippen molar-refractivity contribution in [2.75, 3.05) is 13.2 Å². The summed E-state index contributed by atoms with van der Waals surface area (Å²) >= 11 is 0. The predicted molar refractivity (Wildman–Crippen MR) is 73.5 cm³/mol. The Morgan fingerprint density at radius 2 is 2.20 bits per heavy atom. The highest BCUT2D eigenvalue weighted by molar-refractivity contribution is 5.81. The molecule has 2 aromatic rings. The van der Waals surface area contributed by atoms with Gasteiger partial charge in [0.1, 0.15) is 0 Å². The van der Waals surface area contributed by atoms with E-state index in [4.69, 9.17) is 10.3 Å². The second-order valence-electron chi connectivity index (χ2n) is 4.19. The van der Waals surface area contributed by atoms with Gasteiger partial charge in [-0.15, -0.1) is 0 Å². The van der Waals surface area contributed by atoms with Crippen LogP contribution in [-0.4, -0.2) is 22.9 Å². The van der Waals surface area contributed by atoms with Crippen molar-refractivity contribution >= 4 is 10.8 Å². The quantitative estimate of drug-likeness (QED) is 0.381. The number of aromatic amines is 1. The smallest absolute Gasteiger partial charge is 0.272 e. The lowest BCUT2D eigenvalue weighted by atomic mass is 10.1. The average molecular weight is 275 g/mol. The van der Waals surface area contributed by atoms with Gasteiger partial charge < -0.3 is 4.74 Å². The summed E-state index contributed by atoms with van der Waals surface area (Å²) in [5, 5.41) is 6.50. The molecule has 1 N–H and O–H groups in total. The summed E-state index contributed by atoms with van der Waals surface area (Å²) in [5.41, 5.74) is 8.31. The van der Waals surface area contributed by atoms with Gasteiger partial charge in [0.25, 0.3) is 11.1 Å². The van der Waals surface area contributed by atoms with E-state index in [1.165, 1.54) is 7.05 Å². The Morgan fingerprint density at radius 1 is 1.40 bits per heavy atom. The Bertz CT molecular complexity index is 786. The van der Waals surface area contributed by atoms with Crippen molar-refractivity contribution in [2.45, 2.75) is 6.61 Å². The van der Waals surface area contributed by atoms with Crippen LogP contribution in [0.1, 0.15) is 5.56 Å². The van der Waals surface area contributed by atoms with Gasteiger partial charge in [-0.05, 0) is 23.2 Å². The van der Waals surface area contributed by atoms with E-state index >= 15 is 0 Å². The molecule has 0 fully saturated rings. The maximum absolute atomic E-state index is 11.8. The van der Waals surface area contributed by atoms with Crippen molar-refractivity contribution < 1.29 is 4.74 Å². The Kier molecular flexibility index (Phi) is 4.19. The van der Waals surface area contributed by atoms with Gasteiger partial charge >= 0.3 is 0 Å². The fourth-order valence-electron chi connectivity index (χ4n) is 1.84. The lowest BCUT2D eigenvalue weighted by molar-refractivity contribution is 0.128. The molecule has 0 bridgehead atoms. The molecule has 0 spiro atoms. The van der Waals surface area contributed by atoms with E-state index < -0.39 is 0 Å². The SMILES string of the molecule is Cn1[nH]c(=O)c2cc(COCCN=[N+]=[N-])ccc2c1=O. The minimum Gasteiger partial charge on any atom is -0.377 e. The van der Waals surface area contributed by atoms with Crippen LogP contribution >= 0.6 is 0 Å². The van der Waals surface area contributed by atoms with Crippen LogP contribution in [0.3, 0.4) is 0 Å². The monoisotopic (exact) mass is 275 g/mol. The van der Waals surface area contributed by atoms with Gasteiger partial charge in [-0.2, -0.15) is 0 Å². The first-order valence-corrected chi connectivity index (χ1v) is 5.94. The number of ether oxygens (including phenoxy) is 1. The average Bonchev–Trinajstić information content (AvgIpc) is 2.44. The number of nitrogens with zero attached hydrogens (tertiary/aromatic N) is 4. The molecule has 20 heavy (non-hydrogen) atoms. The molecule has 2 rings (SSSR count). The van der Waals surface area contributed by atoms with E-state index in [0.717, 1.165) is 10.2 Å². The maximum atomic E-state index is 11.8. The first-order valence-electron chi connectivity index (χ1n) is 5.94. The molecule has 0 aliphatic rings. The zero-order chi connectivity index (χ0) is 14.5. The molecule has 0 radical (unpaired) electrons. The van der Waals surface area contributed by atoms with Crippen LogP contribution in [0.25, 0.3) is 21.2 Å². The number of aromatic nitrogens is 2. The molecule has 0 aliphatic carbocycles. The first-order chi connectivity index (χ1) is 9.63. The molecule has 0 atom stereocenters. The predicted octanol–water partition coefficient (Wildman–Crippen LogP) is 1.05. The van der Waals surface area contributed by atoms with Crippen LogP contribution < -0.4 is 11.1 Å². The van der Waals surface area contributed by atoms with Gasteiger partial charge in [-0.3, -0.25) is 19.4 Å². The minimum absolute atomic E-state index is 0.254. The Hall–Kier alpha value is -2.57. The van der Waals surface area contributed by atoms with Crippen molar-refractivity contribution in [3.8, 4) is 0 Å². The molecule has 1 heterocycles. The number of hydrogen-bond acceptors (Lipinski definition) is 4. The maximum Gasteiger partial charge on any atom is 0.272 e. The van der Waals surface area contributed by atoms with Gasteiger partial charge in [0.05, 0.1) is 24.0 Å². The number of hydrogen-bond donors (Lipinski definition) is 1. The summed E-state index contributed by atoms with van der Waals surface area (Å²) in [4.78, 5) is 26.3. The van der Waals surface area contributed by atoms with E-state index in [2.05, 4.69) is 15.1 Å². The standard InChI is InChI=1S/C12H13N5O3/c1-17-12(19)9-3-2-8(6-10(9)11(18)15-17)7-20-5-4-14-16-13/h2-3,6H,4-5,7H2,1H3,(H,15,18). The minimum atomic E-state index is -0.321. The molecule has 0 amide bonds. The van der Waals surface area contributed by atoms with E-state index in [0.29, 0.717) is 17.4 Å². The normalized spacial score (nSPS) is 10.4. The number of benzene rings is 1. The van der Waals surface area contributed by atoms with Gasteiger partial charge in [0.2, 0.25) is 0 Å². The molecule has 104 valence electrons. The Morgan fingerprint density at radius 3 is 2.95 bits per heavy atom. The third kappa shape index (κ3) is 2.87. The summed E-state index contributed by atoms with van der Waals surface area (Å²) in [6.07, 6.45) is 0. The number of nitrogens with one attached hydrogen (secondary N) is 1. The lowest BCUT2D eigenvalue weighted by Gasteiger charge is -2.05. The van der Waals surface area contributed by atoms with Gasteiger partial charge in [0, 0.05) is 18.5 Å². The van der Waals surface area contributed by atoms with E-state index in [9.17, 15) is 9.59 Å². The van der Waals surface area contributed by atoms with E-state index in [-0.39, 0.29) is 24.3 Å². The molecule has 0 saturated carbocycles. The van der Waals surface area contributed by atoms with Gasteiger partial charge in [0.15, 0.2) is 0 Å². The molecule has 1 aromatic heterocycles. The molecule has 1 aromatic carbocycles. The second-order valence-corrected chi connectivity index (χ2v) is 4.19. The lowest BCUT2D eigenvalue weighted by Crippen LogP contribution is -2.27. The third-order valence-corrected chi connectivity index (χ3v) is 2.80. The molecular formula is C12H13N5O3. The topological polar surface area (TPSA) is 113 Å². The van der Waals surface area contributed by atoms with Crippen LogP contribution in [0.2, 0.25) is 0 Å². The number of rotatable bonds is 5. The summed E-state index contributed by atoms with van der Waals surface area (Å²) in [7, 11) is 1.50. The Labute approximate surface area is 113 Å². The van der Waals surface area contributed by atoms with Gasteiger partial charge in [-0.25, -0.2) is 0 Å². The zero-order valence-electron chi connectivity index (χ0n) is 10.9. The molecule has 0 aliphatic heterocycles. The molecule has 8 nitrogen and oxygen atoms in total. The third-order valence-electron chi connectivity index (χ3n) is 2.80. The van der Waals surface area contributed by atoms with E-state index in [1.807, 2.05) is 0 Å². The number of aryl methyl sites for hydroxylation is 1. The summed E-state index contributed by atoms with van der Waals surface area (Å²) in [6.45, 7) is 0.839. The van der Waals surface area contributed by atoms with Crippen LogP contribution in [0.15, 0.2) is 32.9 Å². The highest BCUT2D eigenvalue weighted by Gasteiger charge is 2.06. The van der Waals surface area contributed by atoms with Crippen molar-refractivity contribution in [3.05, 3.63) is 54.9 Å². The second kappa shape index (κ2) is 6.05. The number of H-pyrrole nitrogens is 1. The van der Waals surface area contributed by atoms with Crippen LogP contribution in [0.5, 0.6) is 0 Å². The largest absolute Gasteiger partial charge is 0.377 e. The zero-order valence-corrected chi connectivity index (χ0v) is 10.9. The first kappa shape index (κ1) is 13.9. The van der Waals surface area contributed by atoms with Crippen molar-refractivity contribution in [1.82, 2.24) is 9.78 Å². The van der Waals surface area contributed by atoms with Crippen LogP contribution in [0, 0.1) is 0 Å². The summed E-state index contributed by atoms with van der Waals surface area (Å²) in [5.74, 6) is 0. The highest BCUT2D eigenvalue weighted by atomic mass is 16.5. The fourth-order valence-corrected chi connectivity index (χ4v) is 1.84. The van der Waals surface area contributed by atoms with Crippen molar-refractivity contribution in [2.24, 2.45) is 12.2 Å². The number of fused-ring (bicyclic) bond motifs is 1. The molecule has 8 heteroatoms. The van der Waals surface area contributed by atoms with Crippen molar-refractivity contribution in [1.29, 1.82) is 0 Å². The van der Waals surface area contributed by atoms with Crippen molar-refractivity contribution in [3.63, 3.8) is 0 Å². The van der Waals surface area contributed by atoms with Crippen LogP contribution in [-0.2, 0) is 18.4 Å². The molecule has 0 unspecified atom stereocenters. The van der Waals surface area contributed by atoms with Crippen LogP contribution in [0.4, 0.5) is 0 Å². The molecule has 0 saturated heterocycles. The summed E-state index contributed by atoms with van der Waals surface area (Å²) < 4.78 is 6.46. The molecular weight excluding hydrogens is 262 g/mol. The fraction of sp³-hybridized carbons (Fsp3) is 0.333.